The van der Waals surface area contributed by atoms with E-state index in [1.807, 2.05) is 7.85 Å². The van der Waals surface area contributed by atoms with Crippen LogP contribution in [0.3, 0.4) is 0 Å². The van der Waals surface area contributed by atoms with Crippen LogP contribution >= 0.6 is 0 Å². The van der Waals surface area contributed by atoms with E-state index in [4.69, 9.17) is 14.2 Å². The number of alkyl halides is 2. The molecule has 0 N–H and O–H groups in total. The fourth-order valence-corrected chi connectivity index (χ4v) is 4.52. The van der Waals surface area contributed by atoms with Crippen molar-refractivity contribution >= 4 is 7.85 Å². The number of rotatable bonds is 7. The van der Waals surface area contributed by atoms with E-state index in [0.29, 0.717) is 18.6 Å². The maximum atomic E-state index is 14.9. The van der Waals surface area contributed by atoms with Crippen molar-refractivity contribution in [1.29, 1.82) is 0 Å². The van der Waals surface area contributed by atoms with Crippen LogP contribution in [0.1, 0.15) is 30.1 Å². The molecule has 194 valence electrons. The van der Waals surface area contributed by atoms with Crippen LogP contribution in [0.4, 0.5) is 26.3 Å². The van der Waals surface area contributed by atoms with Gasteiger partial charge in [-0.2, -0.15) is 8.78 Å². The lowest BCUT2D eigenvalue weighted by Gasteiger charge is -2.31. The van der Waals surface area contributed by atoms with Crippen molar-refractivity contribution in [3.63, 3.8) is 0 Å². The number of halogens is 6. The van der Waals surface area contributed by atoms with Crippen LogP contribution in [0.15, 0.2) is 48.5 Å². The normalized spacial score (nSPS) is 21.7. The van der Waals surface area contributed by atoms with Gasteiger partial charge >= 0.3 is 6.11 Å². The molecule has 5 rings (SSSR count). The first-order chi connectivity index (χ1) is 17.7. The standard InChI is InChI=1S/C27H23BF6O3/c28-11-14-1-10-22(36-12-14)37-27(33,34)20-9-8-18(24(30)26(20)32)16-4-2-15(3-5-16)17-6-7-19(21-13-35-21)25(31)23(17)29/h2-9,14,21-22H,1,10-13,28H2. The van der Waals surface area contributed by atoms with Gasteiger partial charge in [-0.3, -0.25) is 4.74 Å². The van der Waals surface area contributed by atoms with Gasteiger partial charge < -0.3 is 9.47 Å². The second kappa shape index (κ2) is 10.2. The molecule has 0 radical (unpaired) electrons. The summed E-state index contributed by atoms with van der Waals surface area (Å²) in [6.45, 7) is 0.593. The number of hydrogen-bond donors (Lipinski definition) is 0. The van der Waals surface area contributed by atoms with Gasteiger partial charge in [0.1, 0.15) is 14.0 Å². The van der Waals surface area contributed by atoms with Crippen molar-refractivity contribution in [2.45, 2.75) is 37.7 Å². The molecule has 0 amide bonds. The maximum absolute atomic E-state index is 14.9. The van der Waals surface area contributed by atoms with Crippen molar-refractivity contribution < 1.29 is 40.6 Å². The lowest BCUT2D eigenvalue weighted by Crippen LogP contribution is -2.34. The van der Waals surface area contributed by atoms with Crippen LogP contribution in [0.5, 0.6) is 0 Å². The Hall–Kier alpha value is -2.82. The van der Waals surface area contributed by atoms with Gasteiger partial charge in [-0.1, -0.05) is 48.8 Å². The molecule has 2 heterocycles. The smallest absolute Gasteiger partial charge is 0.368 e. The first-order valence-corrected chi connectivity index (χ1v) is 12.1. The molecule has 3 aromatic carbocycles. The summed E-state index contributed by atoms with van der Waals surface area (Å²) in [5, 5.41) is 0. The van der Waals surface area contributed by atoms with Crippen molar-refractivity contribution in [2.75, 3.05) is 13.2 Å². The number of benzene rings is 3. The van der Waals surface area contributed by atoms with Gasteiger partial charge in [0.25, 0.3) is 0 Å². The quantitative estimate of drug-likeness (QED) is 0.202. The number of hydrogen-bond acceptors (Lipinski definition) is 3. The molecule has 3 aromatic rings. The highest BCUT2D eigenvalue weighted by atomic mass is 19.3. The number of epoxide rings is 1. The third-order valence-electron chi connectivity index (χ3n) is 6.88. The lowest BCUT2D eigenvalue weighted by atomic mass is 9.87. The highest BCUT2D eigenvalue weighted by Crippen LogP contribution is 2.39. The molecule has 10 heteroatoms. The van der Waals surface area contributed by atoms with Crippen molar-refractivity contribution in [3.05, 3.63) is 82.9 Å². The SMILES string of the molecule is BCC1CCC(OC(F)(F)c2ccc(-c3ccc(-c4ccc(C5CO5)c(F)c4F)cc3)c(F)c2F)OC1. The zero-order valence-electron chi connectivity index (χ0n) is 19.9. The second-order valence-electron chi connectivity index (χ2n) is 9.27. The minimum absolute atomic E-state index is 0.0116. The van der Waals surface area contributed by atoms with Gasteiger partial charge in [0, 0.05) is 16.7 Å². The molecule has 37 heavy (non-hydrogen) atoms. The monoisotopic (exact) mass is 520 g/mol. The molecule has 2 fully saturated rings. The Balaban J connectivity index is 1.36. The largest absolute Gasteiger partial charge is 0.388 e. The molecule has 0 saturated carbocycles. The Bertz CT molecular complexity index is 1290. The predicted octanol–water partition coefficient (Wildman–Crippen LogP) is 6.52. The molecule has 0 spiro atoms. The van der Waals surface area contributed by atoms with Gasteiger partial charge in [-0.25, -0.2) is 17.6 Å². The zero-order valence-corrected chi connectivity index (χ0v) is 19.9. The first kappa shape index (κ1) is 25.8. The second-order valence-corrected chi connectivity index (χ2v) is 9.27. The number of ether oxygens (including phenoxy) is 3. The van der Waals surface area contributed by atoms with E-state index in [9.17, 15) is 26.3 Å². The molecule has 0 bridgehead atoms. The molecule has 2 saturated heterocycles. The van der Waals surface area contributed by atoms with E-state index in [0.717, 1.165) is 18.5 Å². The molecule has 0 aromatic heterocycles. The predicted molar refractivity (Wildman–Crippen MR) is 127 cm³/mol. The Kier molecular flexibility index (Phi) is 7.09. The molecule has 3 atom stereocenters. The van der Waals surface area contributed by atoms with E-state index in [2.05, 4.69) is 0 Å². The van der Waals surface area contributed by atoms with E-state index in [1.165, 1.54) is 36.4 Å². The van der Waals surface area contributed by atoms with Crippen LogP contribution in [0, 0.1) is 29.2 Å². The highest BCUT2D eigenvalue weighted by Gasteiger charge is 2.41. The first-order valence-electron chi connectivity index (χ1n) is 12.1. The summed E-state index contributed by atoms with van der Waals surface area (Å²) in [6.07, 6.45) is -4.06. The fourth-order valence-electron chi connectivity index (χ4n) is 4.52. The van der Waals surface area contributed by atoms with E-state index in [1.54, 1.807) is 0 Å². The lowest BCUT2D eigenvalue weighted by molar-refractivity contribution is -0.335. The minimum Gasteiger partial charge on any atom is -0.368 e. The van der Waals surface area contributed by atoms with Crippen molar-refractivity contribution in [2.24, 2.45) is 5.92 Å². The van der Waals surface area contributed by atoms with Crippen LogP contribution in [-0.2, 0) is 20.3 Å². The summed E-state index contributed by atoms with van der Waals surface area (Å²) in [4.78, 5) is 0. The third kappa shape index (κ3) is 5.15. The van der Waals surface area contributed by atoms with Gasteiger partial charge in [0.05, 0.1) is 18.8 Å². The van der Waals surface area contributed by atoms with Gasteiger partial charge in [-0.05, 0) is 36.0 Å². The molecule has 2 aliphatic rings. The zero-order chi connectivity index (χ0) is 26.3. The molecular formula is C27H23BF6O3. The summed E-state index contributed by atoms with van der Waals surface area (Å²) in [5.41, 5.74) is -0.904. The molecule has 3 nitrogen and oxygen atoms in total. The topological polar surface area (TPSA) is 31.0 Å². The summed E-state index contributed by atoms with van der Waals surface area (Å²) in [6, 6.07) is 10.2. The Labute approximate surface area is 210 Å². The Morgan fingerprint density at radius 3 is 1.89 bits per heavy atom. The van der Waals surface area contributed by atoms with E-state index < -0.39 is 47.3 Å². The van der Waals surface area contributed by atoms with Crippen molar-refractivity contribution in [3.8, 4) is 22.3 Å². The van der Waals surface area contributed by atoms with Crippen LogP contribution in [0.2, 0.25) is 6.32 Å². The average molecular weight is 520 g/mol. The Morgan fingerprint density at radius 2 is 1.35 bits per heavy atom. The summed E-state index contributed by atoms with van der Waals surface area (Å²) in [5.74, 6) is -5.01. The van der Waals surface area contributed by atoms with E-state index in [-0.39, 0.29) is 41.2 Å². The average Bonchev–Trinajstić information content (AvgIpc) is 3.73. The van der Waals surface area contributed by atoms with Gasteiger partial charge in [0.15, 0.2) is 29.6 Å². The Morgan fingerprint density at radius 1 is 0.757 bits per heavy atom. The van der Waals surface area contributed by atoms with Crippen LogP contribution in [-0.4, -0.2) is 27.4 Å². The van der Waals surface area contributed by atoms with Crippen LogP contribution in [0.25, 0.3) is 22.3 Å². The summed E-state index contributed by atoms with van der Waals surface area (Å²) >= 11 is 0. The molecule has 2 aliphatic heterocycles. The molecule has 0 aliphatic carbocycles. The summed E-state index contributed by atoms with van der Waals surface area (Å²) in [7, 11) is 1.97. The maximum Gasteiger partial charge on any atom is 0.388 e. The van der Waals surface area contributed by atoms with Gasteiger partial charge in [0.2, 0.25) is 0 Å². The molecular weight excluding hydrogens is 497 g/mol. The highest BCUT2D eigenvalue weighted by molar-refractivity contribution is 6.08. The third-order valence-corrected chi connectivity index (χ3v) is 6.88. The summed E-state index contributed by atoms with van der Waals surface area (Å²) < 4.78 is 103. The van der Waals surface area contributed by atoms with Crippen molar-refractivity contribution in [1.82, 2.24) is 0 Å². The minimum atomic E-state index is -4.10. The van der Waals surface area contributed by atoms with E-state index >= 15 is 0 Å². The molecule has 3 unspecified atom stereocenters. The van der Waals surface area contributed by atoms with Crippen LogP contribution < -0.4 is 0 Å². The fraction of sp³-hybridized carbons (Fsp3) is 0.333. The van der Waals surface area contributed by atoms with Gasteiger partial charge in [-0.15, -0.1) is 0 Å².